The van der Waals surface area contributed by atoms with Crippen molar-refractivity contribution in [1.29, 1.82) is 0 Å². The van der Waals surface area contributed by atoms with Gasteiger partial charge in [0.05, 0.1) is 6.61 Å². The molecule has 5 nitrogen and oxygen atoms in total. The second-order valence-corrected chi connectivity index (χ2v) is 6.17. The smallest absolute Gasteiger partial charge is 0.113 e. The summed E-state index contributed by atoms with van der Waals surface area (Å²) in [6.45, 7) is -0.425. The lowest BCUT2D eigenvalue weighted by molar-refractivity contribution is -0.231. The summed E-state index contributed by atoms with van der Waals surface area (Å²) in [6, 6.07) is 9.48. The van der Waals surface area contributed by atoms with Gasteiger partial charge in [0.1, 0.15) is 30.5 Å². The topological polar surface area (TPSA) is 90.2 Å². The number of aliphatic hydroxyl groups is 4. The minimum atomic E-state index is -1.36. The van der Waals surface area contributed by atoms with Crippen LogP contribution in [0.1, 0.15) is 11.7 Å². The Labute approximate surface area is 132 Å². The average Bonchev–Trinajstić information content (AvgIpc) is 3.08. The zero-order valence-electron chi connectivity index (χ0n) is 11.7. The van der Waals surface area contributed by atoms with Crippen LogP contribution >= 0.6 is 11.3 Å². The normalized spacial score (nSPS) is 32.1. The Kier molecular flexibility index (Phi) is 4.58. The fourth-order valence-electron chi connectivity index (χ4n) is 2.70. The summed E-state index contributed by atoms with van der Waals surface area (Å²) in [5.74, 6) is 0. The van der Waals surface area contributed by atoms with E-state index in [0.717, 1.165) is 11.1 Å². The van der Waals surface area contributed by atoms with Gasteiger partial charge >= 0.3 is 0 Å². The first-order valence-electron chi connectivity index (χ1n) is 7.05. The molecule has 1 aliphatic heterocycles. The van der Waals surface area contributed by atoms with Crippen molar-refractivity contribution in [1.82, 2.24) is 0 Å². The molecule has 118 valence electrons. The van der Waals surface area contributed by atoms with E-state index in [9.17, 15) is 20.4 Å². The van der Waals surface area contributed by atoms with Crippen LogP contribution < -0.4 is 0 Å². The summed E-state index contributed by atoms with van der Waals surface area (Å²) in [5.41, 5.74) is 2.74. The van der Waals surface area contributed by atoms with Crippen LogP contribution in [0.5, 0.6) is 0 Å². The largest absolute Gasteiger partial charge is 0.394 e. The number of ether oxygens (including phenoxy) is 1. The monoisotopic (exact) mass is 322 g/mol. The lowest BCUT2D eigenvalue weighted by atomic mass is 9.90. The molecule has 1 fully saturated rings. The molecule has 0 saturated carbocycles. The van der Waals surface area contributed by atoms with Crippen LogP contribution in [0.15, 0.2) is 41.1 Å². The predicted molar refractivity (Wildman–Crippen MR) is 82.5 cm³/mol. The maximum absolute atomic E-state index is 10.2. The Hall–Kier alpha value is -1.28. The Morgan fingerprint density at radius 1 is 1.00 bits per heavy atom. The molecule has 2 aromatic rings. The number of benzene rings is 1. The first kappa shape index (κ1) is 15.6. The summed E-state index contributed by atoms with van der Waals surface area (Å²) in [6.07, 6.45) is -5.64. The fraction of sp³-hybridized carbons (Fsp3) is 0.375. The molecule has 0 aliphatic carbocycles. The summed E-state index contributed by atoms with van der Waals surface area (Å²) in [5, 5.41) is 43.2. The zero-order chi connectivity index (χ0) is 15.7. The van der Waals surface area contributed by atoms with Crippen molar-refractivity contribution in [2.24, 2.45) is 0 Å². The van der Waals surface area contributed by atoms with E-state index in [1.54, 1.807) is 17.4 Å². The van der Waals surface area contributed by atoms with Gasteiger partial charge in [-0.1, -0.05) is 18.2 Å². The van der Waals surface area contributed by atoms with Crippen molar-refractivity contribution in [3.63, 3.8) is 0 Å². The SMILES string of the molecule is OCC1OC(c2cccc(-c3ccsc3)c2)C(O)C(O)C1O. The van der Waals surface area contributed by atoms with Gasteiger partial charge in [-0.05, 0) is 39.6 Å². The highest BCUT2D eigenvalue weighted by atomic mass is 32.1. The lowest BCUT2D eigenvalue weighted by Crippen LogP contribution is -2.55. The van der Waals surface area contributed by atoms with E-state index in [1.165, 1.54) is 0 Å². The van der Waals surface area contributed by atoms with E-state index in [1.807, 2.05) is 35.0 Å². The van der Waals surface area contributed by atoms with Gasteiger partial charge in [0.25, 0.3) is 0 Å². The van der Waals surface area contributed by atoms with Crippen molar-refractivity contribution in [3.05, 3.63) is 46.7 Å². The van der Waals surface area contributed by atoms with Gasteiger partial charge in [-0.3, -0.25) is 0 Å². The standard InChI is InChI=1S/C16H18O5S/c17-7-12-13(18)14(19)15(20)16(21-12)10-3-1-2-9(6-10)11-4-5-22-8-11/h1-6,8,12-20H,7H2. The van der Waals surface area contributed by atoms with Crippen LogP contribution in [0.2, 0.25) is 0 Å². The molecule has 1 aromatic heterocycles. The molecule has 1 aliphatic rings. The second kappa shape index (κ2) is 6.45. The molecule has 0 radical (unpaired) electrons. The Morgan fingerprint density at radius 3 is 2.50 bits per heavy atom. The molecular weight excluding hydrogens is 304 g/mol. The van der Waals surface area contributed by atoms with Gasteiger partial charge < -0.3 is 25.2 Å². The maximum Gasteiger partial charge on any atom is 0.113 e. The fourth-order valence-corrected chi connectivity index (χ4v) is 3.37. The minimum Gasteiger partial charge on any atom is -0.394 e. The number of hydrogen-bond acceptors (Lipinski definition) is 6. The third kappa shape index (κ3) is 2.81. The van der Waals surface area contributed by atoms with E-state index >= 15 is 0 Å². The quantitative estimate of drug-likeness (QED) is 0.675. The van der Waals surface area contributed by atoms with E-state index in [4.69, 9.17) is 4.74 Å². The Bertz CT molecular complexity index is 613. The van der Waals surface area contributed by atoms with Gasteiger partial charge in [0.2, 0.25) is 0 Å². The molecule has 6 heteroatoms. The Balaban J connectivity index is 1.91. The van der Waals surface area contributed by atoms with E-state index in [-0.39, 0.29) is 0 Å². The highest BCUT2D eigenvalue weighted by Gasteiger charge is 2.43. The van der Waals surface area contributed by atoms with E-state index in [0.29, 0.717) is 5.56 Å². The van der Waals surface area contributed by atoms with Gasteiger partial charge in [-0.25, -0.2) is 0 Å². The highest BCUT2D eigenvalue weighted by molar-refractivity contribution is 7.08. The van der Waals surface area contributed by atoms with Crippen molar-refractivity contribution in [2.45, 2.75) is 30.5 Å². The van der Waals surface area contributed by atoms with Crippen molar-refractivity contribution in [2.75, 3.05) is 6.61 Å². The molecule has 3 rings (SSSR count). The first-order valence-corrected chi connectivity index (χ1v) is 7.99. The summed E-state index contributed by atoms with van der Waals surface area (Å²) in [4.78, 5) is 0. The van der Waals surface area contributed by atoms with Gasteiger partial charge in [0, 0.05) is 0 Å². The minimum absolute atomic E-state index is 0.425. The molecule has 1 aromatic carbocycles. The molecule has 5 atom stereocenters. The van der Waals surface area contributed by atoms with Crippen LogP contribution in [0, 0.1) is 0 Å². The van der Waals surface area contributed by atoms with Gasteiger partial charge in [0.15, 0.2) is 0 Å². The van der Waals surface area contributed by atoms with Crippen LogP contribution in [-0.2, 0) is 4.74 Å². The van der Waals surface area contributed by atoms with Crippen LogP contribution in [0.3, 0.4) is 0 Å². The molecule has 0 bridgehead atoms. The third-order valence-corrected chi connectivity index (χ3v) is 4.65. The van der Waals surface area contributed by atoms with E-state index < -0.39 is 37.1 Å². The van der Waals surface area contributed by atoms with Gasteiger partial charge in [-0.15, -0.1) is 0 Å². The third-order valence-electron chi connectivity index (χ3n) is 3.96. The van der Waals surface area contributed by atoms with Crippen molar-refractivity contribution >= 4 is 11.3 Å². The Morgan fingerprint density at radius 2 is 1.82 bits per heavy atom. The number of thiophene rings is 1. The number of hydrogen-bond donors (Lipinski definition) is 4. The zero-order valence-corrected chi connectivity index (χ0v) is 12.6. The number of aliphatic hydroxyl groups excluding tert-OH is 4. The summed E-state index contributed by atoms with van der Waals surface area (Å²) >= 11 is 1.59. The molecule has 22 heavy (non-hydrogen) atoms. The highest BCUT2D eigenvalue weighted by Crippen LogP contribution is 2.34. The van der Waals surface area contributed by atoms with Crippen LogP contribution in [-0.4, -0.2) is 51.4 Å². The van der Waals surface area contributed by atoms with Crippen molar-refractivity contribution in [3.8, 4) is 11.1 Å². The van der Waals surface area contributed by atoms with Crippen LogP contribution in [0.25, 0.3) is 11.1 Å². The van der Waals surface area contributed by atoms with Crippen molar-refractivity contribution < 1.29 is 25.2 Å². The predicted octanol–water partition coefficient (Wildman–Crippen LogP) is 0.930. The van der Waals surface area contributed by atoms with E-state index in [2.05, 4.69) is 0 Å². The molecule has 2 heterocycles. The summed E-state index contributed by atoms with van der Waals surface area (Å²) in [7, 11) is 0. The molecule has 5 unspecified atom stereocenters. The van der Waals surface area contributed by atoms with Crippen LogP contribution in [0.4, 0.5) is 0 Å². The first-order chi connectivity index (χ1) is 10.6. The molecule has 0 spiro atoms. The molecule has 4 N–H and O–H groups in total. The lowest BCUT2D eigenvalue weighted by Gasteiger charge is -2.40. The average molecular weight is 322 g/mol. The molecule has 0 amide bonds. The molecule has 1 saturated heterocycles. The second-order valence-electron chi connectivity index (χ2n) is 5.39. The molecular formula is C16H18O5S. The van der Waals surface area contributed by atoms with Gasteiger partial charge in [-0.2, -0.15) is 11.3 Å². The maximum atomic E-state index is 10.2. The number of rotatable bonds is 3. The summed E-state index contributed by atoms with van der Waals surface area (Å²) < 4.78 is 5.58.